The SMILES string of the molecule is CCOc1ncccc1C(=O)Nc1ccc2nc(C)cn2c1. The van der Waals surface area contributed by atoms with Gasteiger partial charge < -0.3 is 14.5 Å². The van der Waals surface area contributed by atoms with Crippen LogP contribution in [0.25, 0.3) is 5.65 Å². The molecule has 22 heavy (non-hydrogen) atoms. The van der Waals surface area contributed by atoms with Gasteiger partial charge in [0.25, 0.3) is 5.91 Å². The molecule has 0 aliphatic heterocycles. The van der Waals surface area contributed by atoms with Crippen molar-refractivity contribution in [2.45, 2.75) is 13.8 Å². The van der Waals surface area contributed by atoms with Gasteiger partial charge in [-0.05, 0) is 38.1 Å². The molecule has 1 amide bonds. The second kappa shape index (κ2) is 5.85. The number of anilines is 1. The average molecular weight is 296 g/mol. The Morgan fingerprint density at radius 3 is 3.00 bits per heavy atom. The molecule has 6 heteroatoms. The lowest BCUT2D eigenvalue weighted by Crippen LogP contribution is -2.14. The van der Waals surface area contributed by atoms with Crippen LogP contribution in [0.2, 0.25) is 0 Å². The van der Waals surface area contributed by atoms with Gasteiger partial charge >= 0.3 is 0 Å². The smallest absolute Gasteiger partial charge is 0.261 e. The third-order valence-electron chi connectivity index (χ3n) is 3.13. The summed E-state index contributed by atoms with van der Waals surface area (Å²) in [7, 11) is 0. The van der Waals surface area contributed by atoms with Gasteiger partial charge in [0.1, 0.15) is 11.2 Å². The number of rotatable bonds is 4. The van der Waals surface area contributed by atoms with Crippen molar-refractivity contribution >= 4 is 17.2 Å². The number of hydrogen-bond acceptors (Lipinski definition) is 4. The highest BCUT2D eigenvalue weighted by molar-refractivity contribution is 6.05. The Labute approximate surface area is 127 Å². The minimum Gasteiger partial charge on any atom is -0.477 e. The van der Waals surface area contributed by atoms with Gasteiger partial charge in [-0.15, -0.1) is 0 Å². The van der Waals surface area contributed by atoms with Crippen molar-refractivity contribution in [2.24, 2.45) is 0 Å². The molecule has 112 valence electrons. The Morgan fingerprint density at radius 2 is 2.18 bits per heavy atom. The maximum Gasteiger partial charge on any atom is 0.261 e. The fraction of sp³-hybridized carbons (Fsp3) is 0.188. The topological polar surface area (TPSA) is 68.5 Å². The van der Waals surface area contributed by atoms with E-state index in [1.807, 2.05) is 42.8 Å². The number of aryl methyl sites for hydroxylation is 1. The highest BCUT2D eigenvalue weighted by Crippen LogP contribution is 2.17. The van der Waals surface area contributed by atoms with Crippen molar-refractivity contribution in [3.05, 3.63) is 54.1 Å². The van der Waals surface area contributed by atoms with Gasteiger partial charge in [0.05, 0.1) is 18.0 Å². The van der Waals surface area contributed by atoms with Gasteiger partial charge in [-0.1, -0.05) is 0 Å². The van der Waals surface area contributed by atoms with Crippen LogP contribution < -0.4 is 10.1 Å². The molecule has 0 radical (unpaired) electrons. The number of carbonyl (C=O) groups excluding carboxylic acids is 1. The molecule has 0 aliphatic carbocycles. The molecule has 3 aromatic rings. The molecule has 3 heterocycles. The molecule has 3 aromatic heterocycles. The van der Waals surface area contributed by atoms with Gasteiger partial charge in [-0.25, -0.2) is 9.97 Å². The zero-order chi connectivity index (χ0) is 15.5. The van der Waals surface area contributed by atoms with Gasteiger partial charge in [-0.2, -0.15) is 0 Å². The van der Waals surface area contributed by atoms with Crippen LogP contribution in [0.3, 0.4) is 0 Å². The van der Waals surface area contributed by atoms with E-state index < -0.39 is 0 Å². The van der Waals surface area contributed by atoms with E-state index in [9.17, 15) is 4.79 Å². The van der Waals surface area contributed by atoms with E-state index in [2.05, 4.69) is 15.3 Å². The Hall–Kier alpha value is -2.89. The highest BCUT2D eigenvalue weighted by Gasteiger charge is 2.13. The molecule has 6 nitrogen and oxygen atoms in total. The highest BCUT2D eigenvalue weighted by atomic mass is 16.5. The van der Waals surface area contributed by atoms with Crippen LogP contribution in [0.4, 0.5) is 5.69 Å². The summed E-state index contributed by atoms with van der Waals surface area (Å²) in [5.74, 6) is 0.0785. The Kier molecular flexibility index (Phi) is 3.74. The number of imidazole rings is 1. The number of aromatic nitrogens is 3. The Morgan fingerprint density at radius 1 is 1.32 bits per heavy atom. The zero-order valence-corrected chi connectivity index (χ0v) is 12.4. The van der Waals surface area contributed by atoms with Crippen molar-refractivity contribution in [1.29, 1.82) is 0 Å². The maximum atomic E-state index is 12.4. The first-order valence-corrected chi connectivity index (χ1v) is 7.02. The van der Waals surface area contributed by atoms with Gasteiger partial charge in [0, 0.05) is 18.6 Å². The molecule has 3 rings (SSSR count). The Bertz CT molecular complexity index is 826. The molecular weight excluding hydrogens is 280 g/mol. The van der Waals surface area contributed by atoms with Crippen molar-refractivity contribution < 1.29 is 9.53 Å². The number of hydrogen-bond donors (Lipinski definition) is 1. The average Bonchev–Trinajstić information content (AvgIpc) is 2.87. The number of fused-ring (bicyclic) bond motifs is 1. The standard InChI is InChI=1S/C16H16N4O2/c1-3-22-16-13(5-4-8-17-16)15(21)19-12-6-7-14-18-11(2)9-20(14)10-12/h4-10H,3H2,1-2H3,(H,19,21). The molecular formula is C16H16N4O2. The number of carbonyl (C=O) groups is 1. The monoisotopic (exact) mass is 296 g/mol. The summed E-state index contributed by atoms with van der Waals surface area (Å²) in [4.78, 5) is 20.8. The third-order valence-corrected chi connectivity index (χ3v) is 3.13. The minimum atomic E-state index is -0.257. The van der Waals surface area contributed by atoms with E-state index >= 15 is 0 Å². The lowest BCUT2D eigenvalue weighted by atomic mass is 10.2. The Balaban J connectivity index is 1.86. The molecule has 0 atom stereocenters. The maximum absolute atomic E-state index is 12.4. The van der Waals surface area contributed by atoms with Crippen molar-refractivity contribution in [2.75, 3.05) is 11.9 Å². The first-order valence-electron chi connectivity index (χ1n) is 7.02. The largest absolute Gasteiger partial charge is 0.477 e. The van der Waals surface area contributed by atoms with Crippen LogP contribution in [0, 0.1) is 6.92 Å². The number of amides is 1. The molecule has 0 aromatic carbocycles. The van der Waals surface area contributed by atoms with E-state index in [-0.39, 0.29) is 5.91 Å². The molecule has 0 spiro atoms. The lowest BCUT2D eigenvalue weighted by Gasteiger charge is -2.09. The fourth-order valence-electron chi connectivity index (χ4n) is 2.21. The summed E-state index contributed by atoms with van der Waals surface area (Å²) in [5, 5.41) is 2.85. The summed E-state index contributed by atoms with van der Waals surface area (Å²) in [6.45, 7) is 4.23. The summed E-state index contributed by atoms with van der Waals surface area (Å²) in [6.07, 6.45) is 5.33. The third kappa shape index (κ3) is 2.76. The fourth-order valence-corrected chi connectivity index (χ4v) is 2.21. The number of nitrogens with one attached hydrogen (secondary N) is 1. The molecule has 0 aliphatic rings. The van der Waals surface area contributed by atoms with E-state index in [0.29, 0.717) is 23.7 Å². The van der Waals surface area contributed by atoms with Gasteiger partial charge in [-0.3, -0.25) is 4.79 Å². The van der Waals surface area contributed by atoms with Crippen molar-refractivity contribution in [1.82, 2.24) is 14.4 Å². The quantitative estimate of drug-likeness (QED) is 0.803. The molecule has 0 unspecified atom stereocenters. The number of ether oxygens (including phenoxy) is 1. The molecule has 0 saturated carbocycles. The van der Waals surface area contributed by atoms with Crippen LogP contribution in [-0.2, 0) is 0 Å². The van der Waals surface area contributed by atoms with Crippen LogP contribution in [0.1, 0.15) is 23.0 Å². The summed E-state index contributed by atoms with van der Waals surface area (Å²) in [6, 6.07) is 7.07. The second-order valence-electron chi connectivity index (χ2n) is 4.81. The van der Waals surface area contributed by atoms with Crippen LogP contribution in [0.15, 0.2) is 42.9 Å². The van der Waals surface area contributed by atoms with Crippen LogP contribution >= 0.6 is 0 Å². The van der Waals surface area contributed by atoms with Crippen molar-refractivity contribution in [3.8, 4) is 5.88 Å². The zero-order valence-electron chi connectivity index (χ0n) is 12.4. The van der Waals surface area contributed by atoms with Gasteiger partial charge in [0.15, 0.2) is 0 Å². The summed E-state index contributed by atoms with van der Waals surface area (Å²) < 4.78 is 7.25. The first kappa shape index (κ1) is 14.1. The predicted molar refractivity (Wildman–Crippen MR) is 83.3 cm³/mol. The number of nitrogens with zero attached hydrogens (tertiary/aromatic N) is 3. The predicted octanol–water partition coefficient (Wildman–Crippen LogP) is 2.69. The van der Waals surface area contributed by atoms with Gasteiger partial charge in [0.2, 0.25) is 5.88 Å². The van der Waals surface area contributed by atoms with E-state index in [0.717, 1.165) is 11.3 Å². The normalized spacial score (nSPS) is 10.6. The molecule has 1 N–H and O–H groups in total. The van der Waals surface area contributed by atoms with Crippen molar-refractivity contribution in [3.63, 3.8) is 0 Å². The molecule has 0 bridgehead atoms. The summed E-state index contributed by atoms with van der Waals surface area (Å²) in [5.41, 5.74) is 2.86. The number of pyridine rings is 2. The second-order valence-corrected chi connectivity index (χ2v) is 4.81. The minimum absolute atomic E-state index is 0.257. The van der Waals surface area contributed by atoms with E-state index in [4.69, 9.17) is 4.74 Å². The first-order chi connectivity index (χ1) is 10.7. The lowest BCUT2D eigenvalue weighted by molar-refractivity contribution is 0.102. The van der Waals surface area contributed by atoms with Crippen LogP contribution in [0.5, 0.6) is 5.88 Å². The van der Waals surface area contributed by atoms with E-state index in [1.54, 1.807) is 18.3 Å². The van der Waals surface area contributed by atoms with Crippen LogP contribution in [-0.4, -0.2) is 26.9 Å². The molecule has 0 saturated heterocycles. The summed E-state index contributed by atoms with van der Waals surface area (Å²) >= 11 is 0. The van der Waals surface area contributed by atoms with E-state index in [1.165, 1.54) is 0 Å². The molecule has 0 fully saturated rings.